The maximum atomic E-state index is 12.0. The number of carbonyl (C=O) groups is 2. The summed E-state index contributed by atoms with van der Waals surface area (Å²) in [5.74, 6) is -0.892. The molecule has 1 aromatic rings. The molecule has 1 heterocycles. The second-order valence-electron chi connectivity index (χ2n) is 4.73. The first kappa shape index (κ1) is 15.1. The van der Waals surface area contributed by atoms with E-state index in [1.165, 1.54) is 0 Å². The zero-order chi connectivity index (χ0) is 14.4. The van der Waals surface area contributed by atoms with Crippen LogP contribution in [0.3, 0.4) is 0 Å². The fraction of sp³-hybridized carbons (Fsp3) is 0.538. The van der Waals surface area contributed by atoms with Crippen LogP contribution in [0.2, 0.25) is 0 Å². The van der Waals surface area contributed by atoms with Gasteiger partial charge in [-0.25, -0.2) is 0 Å². The first-order valence-corrected chi connectivity index (χ1v) is 6.21. The number of nitrogens with one attached hydrogen (secondary N) is 1. The lowest BCUT2D eigenvalue weighted by Crippen LogP contribution is -2.29. The van der Waals surface area contributed by atoms with Crippen LogP contribution in [0, 0.1) is 19.8 Å². The summed E-state index contributed by atoms with van der Waals surface area (Å²) >= 11 is 0. The van der Waals surface area contributed by atoms with Crippen molar-refractivity contribution < 1.29 is 14.7 Å². The van der Waals surface area contributed by atoms with E-state index in [2.05, 4.69) is 15.5 Å². The van der Waals surface area contributed by atoms with Crippen molar-refractivity contribution in [1.29, 1.82) is 0 Å². The molecule has 0 spiro atoms. The average molecular weight is 265 g/mol. The highest BCUT2D eigenvalue weighted by molar-refractivity contribution is 5.95. The van der Waals surface area contributed by atoms with E-state index < -0.39 is 5.97 Å². The number of amides is 1. The molecule has 1 unspecified atom stereocenters. The first-order chi connectivity index (χ1) is 8.90. The van der Waals surface area contributed by atoms with Gasteiger partial charge in [0.05, 0.1) is 17.0 Å². The molecule has 0 radical (unpaired) electrons. The molecule has 1 amide bonds. The zero-order valence-corrected chi connectivity index (χ0v) is 11.4. The van der Waals surface area contributed by atoms with Crippen LogP contribution in [0.15, 0.2) is 6.07 Å². The Morgan fingerprint density at radius 1 is 1.37 bits per heavy atom. The minimum Gasteiger partial charge on any atom is -0.481 e. The number of rotatable bonds is 6. The second kappa shape index (κ2) is 6.82. The third-order valence-corrected chi connectivity index (χ3v) is 2.81. The van der Waals surface area contributed by atoms with Gasteiger partial charge in [-0.3, -0.25) is 9.59 Å². The Bertz CT molecular complexity index is 474. The van der Waals surface area contributed by atoms with Gasteiger partial charge in [-0.1, -0.05) is 6.92 Å². The Kier molecular flexibility index (Phi) is 5.41. The highest BCUT2D eigenvalue weighted by atomic mass is 16.4. The van der Waals surface area contributed by atoms with Crippen LogP contribution in [-0.2, 0) is 4.79 Å². The van der Waals surface area contributed by atoms with E-state index in [-0.39, 0.29) is 18.2 Å². The van der Waals surface area contributed by atoms with E-state index >= 15 is 0 Å². The molecule has 1 aromatic heterocycles. The van der Waals surface area contributed by atoms with Crippen molar-refractivity contribution in [3.63, 3.8) is 0 Å². The molecule has 1 atom stereocenters. The lowest BCUT2D eigenvalue weighted by molar-refractivity contribution is -0.137. The summed E-state index contributed by atoms with van der Waals surface area (Å²) in [5.41, 5.74) is 1.79. The molecule has 0 saturated carbocycles. The molecule has 104 valence electrons. The van der Waals surface area contributed by atoms with Crippen molar-refractivity contribution in [3.8, 4) is 0 Å². The monoisotopic (exact) mass is 265 g/mol. The van der Waals surface area contributed by atoms with Crippen LogP contribution < -0.4 is 5.32 Å². The normalized spacial score (nSPS) is 11.9. The van der Waals surface area contributed by atoms with E-state index in [9.17, 15) is 9.59 Å². The van der Waals surface area contributed by atoms with Crippen molar-refractivity contribution in [2.75, 3.05) is 6.54 Å². The molecule has 6 heteroatoms. The number of carboxylic acid groups (broad SMARTS) is 1. The van der Waals surface area contributed by atoms with Crippen molar-refractivity contribution in [2.45, 2.75) is 33.6 Å². The smallest absolute Gasteiger partial charge is 0.303 e. The molecule has 0 aliphatic rings. The third kappa shape index (κ3) is 5.03. The van der Waals surface area contributed by atoms with Crippen molar-refractivity contribution >= 4 is 11.9 Å². The molecule has 0 saturated heterocycles. The number of carbonyl (C=O) groups excluding carboxylic acids is 1. The summed E-state index contributed by atoms with van der Waals surface area (Å²) in [5, 5.41) is 19.1. The SMILES string of the molecule is Cc1cc(C(=O)NCC(C)CCC(=O)O)c(C)nn1. The van der Waals surface area contributed by atoms with Crippen molar-refractivity contribution in [3.05, 3.63) is 23.0 Å². The van der Waals surface area contributed by atoms with Crippen molar-refractivity contribution in [1.82, 2.24) is 15.5 Å². The number of hydrogen-bond donors (Lipinski definition) is 2. The predicted octanol–water partition coefficient (Wildman–Crippen LogP) is 1.32. The molecule has 19 heavy (non-hydrogen) atoms. The number of hydrogen-bond acceptors (Lipinski definition) is 4. The Morgan fingerprint density at radius 2 is 2.05 bits per heavy atom. The number of aryl methyl sites for hydroxylation is 2. The van der Waals surface area contributed by atoms with Gasteiger partial charge in [-0.15, -0.1) is 0 Å². The Balaban J connectivity index is 2.51. The topological polar surface area (TPSA) is 92.2 Å². The fourth-order valence-electron chi connectivity index (χ4n) is 1.61. The van der Waals surface area contributed by atoms with E-state index in [4.69, 9.17) is 5.11 Å². The average Bonchev–Trinajstić information content (AvgIpc) is 2.36. The molecule has 0 aromatic carbocycles. The number of carboxylic acids is 1. The molecule has 6 nitrogen and oxygen atoms in total. The maximum absolute atomic E-state index is 12.0. The molecular weight excluding hydrogens is 246 g/mol. The minimum atomic E-state index is -0.817. The van der Waals surface area contributed by atoms with Gasteiger partial charge in [0.2, 0.25) is 0 Å². The lowest BCUT2D eigenvalue weighted by atomic mass is 10.1. The summed E-state index contributed by atoms with van der Waals surface area (Å²) in [6.45, 7) is 5.87. The maximum Gasteiger partial charge on any atom is 0.303 e. The largest absolute Gasteiger partial charge is 0.481 e. The van der Waals surface area contributed by atoms with Crippen molar-refractivity contribution in [2.24, 2.45) is 5.92 Å². The fourth-order valence-corrected chi connectivity index (χ4v) is 1.61. The molecule has 0 fully saturated rings. The number of aromatic nitrogens is 2. The van der Waals surface area contributed by atoms with E-state index in [1.807, 2.05) is 6.92 Å². The van der Waals surface area contributed by atoms with Gasteiger partial charge in [0, 0.05) is 13.0 Å². The summed E-state index contributed by atoms with van der Waals surface area (Å²) < 4.78 is 0. The van der Waals surface area contributed by atoms with Gasteiger partial charge in [0.15, 0.2) is 0 Å². The van der Waals surface area contributed by atoms with Gasteiger partial charge in [-0.05, 0) is 32.3 Å². The van der Waals surface area contributed by atoms with E-state index in [0.717, 1.165) is 0 Å². The second-order valence-corrected chi connectivity index (χ2v) is 4.73. The standard InChI is InChI=1S/C13H19N3O3/c1-8(4-5-12(17)18)7-14-13(19)11-6-9(2)15-16-10(11)3/h6,8H,4-5,7H2,1-3H3,(H,14,19)(H,17,18). The van der Waals surface area contributed by atoms with Gasteiger partial charge >= 0.3 is 5.97 Å². The molecule has 0 aliphatic heterocycles. The molecule has 0 bridgehead atoms. The molecule has 1 rings (SSSR count). The van der Waals surface area contributed by atoms with Crippen LogP contribution >= 0.6 is 0 Å². The van der Waals surface area contributed by atoms with Gasteiger partial charge in [0.1, 0.15) is 0 Å². The quantitative estimate of drug-likeness (QED) is 0.809. The third-order valence-electron chi connectivity index (χ3n) is 2.81. The summed E-state index contributed by atoms with van der Waals surface area (Å²) in [6.07, 6.45) is 0.661. The van der Waals surface area contributed by atoms with Gasteiger partial charge in [0.25, 0.3) is 5.91 Å². The summed E-state index contributed by atoms with van der Waals surface area (Å²) in [7, 11) is 0. The van der Waals surface area contributed by atoms with Crippen LogP contribution in [0.1, 0.15) is 41.5 Å². The molecular formula is C13H19N3O3. The Labute approximate surface area is 112 Å². The summed E-state index contributed by atoms with van der Waals surface area (Å²) in [4.78, 5) is 22.4. The minimum absolute atomic E-state index is 0.117. The van der Waals surface area contributed by atoms with Crippen LogP contribution in [0.25, 0.3) is 0 Å². The highest BCUT2D eigenvalue weighted by Crippen LogP contribution is 2.07. The highest BCUT2D eigenvalue weighted by Gasteiger charge is 2.12. The van der Waals surface area contributed by atoms with E-state index in [0.29, 0.717) is 29.9 Å². The van der Waals surface area contributed by atoms with E-state index in [1.54, 1.807) is 19.9 Å². The number of nitrogens with zero attached hydrogens (tertiary/aromatic N) is 2. The first-order valence-electron chi connectivity index (χ1n) is 6.21. The van der Waals surface area contributed by atoms with Gasteiger partial charge in [-0.2, -0.15) is 10.2 Å². The van der Waals surface area contributed by atoms with Crippen LogP contribution in [0.4, 0.5) is 0 Å². The number of aliphatic carboxylic acids is 1. The Hall–Kier alpha value is -1.98. The zero-order valence-electron chi connectivity index (χ0n) is 11.4. The Morgan fingerprint density at radius 3 is 2.68 bits per heavy atom. The molecule has 2 N–H and O–H groups in total. The predicted molar refractivity (Wildman–Crippen MR) is 69.9 cm³/mol. The summed E-state index contributed by atoms with van der Waals surface area (Å²) in [6, 6.07) is 1.69. The van der Waals surface area contributed by atoms with Crippen LogP contribution in [0.5, 0.6) is 0 Å². The van der Waals surface area contributed by atoms with Gasteiger partial charge < -0.3 is 10.4 Å². The lowest BCUT2D eigenvalue weighted by Gasteiger charge is -2.12. The molecule has 0 aliphatic carbocycles. The van der Waals surface area contributed by atoms with Crippen LogP contribution in [-0.4, -0.2) is 33.7 Å².